The van der Waals surface area contributed by atoms with E-state index in [0.29, 0.717) is 18.8 Å². The second-order valence-corrected chi connectivity index (χ2v) is 10.1. The number of sulfonamides is 1. The maximum absolute atomic E-state index is 13.4. The van der Waals surface area contributed by atoms with Gasteiger partial charge in [-0.1, -0.05) is 32.6 Å². The summed E-state index contributed by atoms with van der Waals surface area (Å²) in [5.74, 6) is 6.50. The van der Waals surface area contributed by atoms with Crippen LogP contribution in [-0.2, 0) is 10.0 Å². The van der Waals surface area contributed by atoms with Crippen LogP contribution in [0.5, 0.6) is 5.75 Å². The molecule has 168 valence electrons. The summed E-state index contributed by atoms with van der Waals surface area (Å²) in [5, 5.41) is 9.70. The van der Waals surface area contributed by atoms with Crippen molar-refractivity contribution in [1.29, 1.82) is 0 Å². The van der Waals surface area contributed by atoms with Crippen LogP contribution in [0.15, 0.2) is 23.1 Å². The maximum atomic E-state index is 13.4. The topological polar surface area (TPSA) is 70.1 Å². The number of ether oxygens (including phenoxy) is 1. The van der Waals surface area contributed by atoms with Crippen molar-refractivity contribution in [2.24, 2.45) is 5.92 Å². The van der Waals surface area contributed by atoms with Crippen LogP contribution in [0.25, 0.3) is 0 Å². The van der Waals surface area contributed by atoms with Crippen molar-refractivity contribution in [2.45, 2.75) is 64.0 Å². The van der Waals surface area contributed by atoms with Crippen LogP contribution in [0.1, 0.15) is 52.5 Å². The van der Waals surface area contributed by atoms with Crippen LogP contribution in [0, 0.1) is 17.8 Å². The Morgan fingerprint density at radius 3 is 2.70 bits per heavy atom. The third-order valence-electron chi connectivity index (χ3n) is 5.37. The molecule has 3 atom stereocenters. The summed E-state index contributed by atoms with van der Waals surface area (Å²) in [6.45, 7) is 9.64. The van der Waals surface area contributed by atoms with Gasteiger partial charge in [0.2, 0.25) is 10.0 Å². The summed E-state index contributed by atoms with van der Waals surface area (Å²) < 4.78 is 34.6. The van der Waals surface area contributed by atoms with Crippen LogP contribution in [0.3, 0.4) is 0 Å². The summed E-state index contributed by atoms with van der Waals surface area (Å²) in [6.07, 6.45) is 2.62. The van der Waals surface area contributed by atoms with E-state index in [1.165, 1.54) is 4.31 Å². The maximum Gasteiger partial charge on any atom is 0.247 e. The first-order valence-electron chi connectivity index (χ1n) is 10.8. The van der Waals surface area contributed by atoms with Gasteiger partial charge in [-0.05, 0) is 51.6 Å². The van der Waals surface area contributed by atoms with Gasteiger partial charge in [-0.15, -0.1) is 0 Å². The fraction of sp³-hybridized carbons (Fsp3) is 0.652. The molecule has 1 aromatic carbocycles. The SMILES string of the molecule is CCCC#Cc1ccc2c(c1)O[C@@H](CN(C)CCC)[C@@H](C)CN([C@@H](C)CO)S2(=O)=O. The van der Waals surface area contributed by atoms with E-state index < -0.39 is 16.1 Å². The molecule has 0 saturated heterocycles. The van der Waals surface area contributed by atoms with E-state index in [-0.39, 0.29) is 23.5 Å². The molecule has 6 nitrogen and oxygen atoms in total. The molecular formula is C23H36N2O4S. The molecule has 0 bridgehead atoms. The molecule has 0 amide bonds. The molecule has 7 heteroatoms. The Morgan fingerprint density at radius 1 is 1.33 bits per heavy atom. The van der Waals surface area contributed by atoms with Crippen molar-refractivity contribution in [3.8, 4) is 17.6 Å². The lowest BCUT2D eigenvalue weighted by molar-refractivity contribution is 0.0752. The van der Waals surface area contributed by atoms with Crippen molar-refractivity contribution in [3.63, 3.8) is 0 Å². The highest BCUT2D eigenvalue weighted by atomic mass is 32.2. The monoisotopic (exact) mass is 436 g/mol. The zero-order valence-corrected chi connectivity index (χ0v) is 19.7. The van der Waals surface area contributed by atoms with Crippen LogP contribution in [0.2, 0.25) is 0 Å². The van der Waals surface area contributed by atoms with Crippen molar-refractivity contribution in [1.82, 2.24) is 9.21 Å². The first kappa shape index (κ1) is 24.7. The van der Waals surface area contributed by atoms with E-state index in [9.17, 15) is 13.5 Å². The first-order valence-corrected chi connectivity index (χ1v) is 12.3. The number of aliphatic hydroxyl groups excluding tert-OH is 1. The largest absolute Gasteiger partial charge is 0.487 e. The Kier molecular flexibility index (Phi) is 9.17. The molecule has 30 heavy (non-hydrogen) atoms. The van der Waals surface area contributed by atoms with Gasteiger partial charge in [0.25, 0.3) is 0 Å². The second kappa shape index (κ2) is 11.1. The predicted octanol–water partition coefficient (Wildman–Crippen LogP) is 2.95. The number of hydrogen-bond donors (Lipinski definition) is 1. The van der Waals surface area contributed by atoms with Crippen LogP contribution in [0.4, 0.5) is 0 Å². The summed E-state index contributed by atoms with van der Waals surface area (Å²) >= 11 is 0. The molecule has 0 unspecified atom stereocenters. The Bertz CT molecular complexity index is 860. The third-order valence-corrected chi connectivity index (χ3v) is 7.39. The Hall–Kier alpha value is -1.59. The van der Waals surface area contributed by atoms with Gasteiger partial charge in [-0.2, -0.15) is 4.31 Å². The Morgan fingerprint density at radius 2 is 2.07 bits per heavy atom. The molecule has 0 spiro atoms. The molecular weight excluding hydrogens is 400 g/mol. The van der Waals surface area contributed by atoms with E-state index in [4.69, 9.17) is 4.74 Å². The predicted molar refractivity (Wildman–Crippen MR) is 120 cm³/mol. The molecule has 1 heterocycles. The molecule has 0 aliphatic carbocycles. The fourth-order valence-electron chi connectivity index (χ4n) is 3.59. The summed E-state index contributed by atoms with van der Waals surface area (Å²) in [5.41, 5.74) is 0.744. The lowest BCUT2D eigenvalue weighted by Gasteiger charge is -2.37. The van der Waals surface area contributed by atoms with E-state index in [2.05, 4.69) is 37.6 Å². The van der Waals surface area contributed by atoms with Crippen molar-refractivity contribution in [3.05, 3.63) is 23.8 Å². The normalized spacial score (nSPS) is 22.2. The number of aliphatic hydroxyl groups is 1. The smallest absolute Gasteiger partial charge is 0.247 e. The molecule has 0 aromatic heterocycles. The lowest BCUT2D eigenvalue weighted by atomic mass is 10.0. The summed E-state index contributed by atoms with van der Waals surface area (Å²) in [4.78, 5) is 2.35. The number of unbranched alkanes of at least 4 members (excludes halogenated alkanes) is 1. The molecule has 0 fully saturated rings. The van der Waals surface area contributed by atoms with Gasteiger partial charge in [0, 0.05) is 37.0 Å². The molecule has 1 aliphatic heterocycles. The first-order chi connectivity index (χ1) is 14.2. The molecule has 1 aliphatic rings. The summed E-state index contributed by atoms with van der Waals surface area (Å²) in [6, 6.07) is 4.54. The zero-order chi connectivity index (χ0) is 22.3. The number of hydrogen-bond acceptors (Lipinski definition) is 5. The summed E-state index contributed by atoms with van der Waals surface area (Å²) in [7, 11) is -1.75. The standard InChI is InChI=1S/C23H36N2O4S/c1-6-8-9-10-20-11-12-23-21(14-20)29-22(16-24(5)13-7-2)18(3)15-25(19(4)17-26)30(23,27)28/h11-12,14,18-19,22,26H,6-8,13,15-17H2,1-5H3/t18-,19-,22-/m0/s1. The van der Waals surface area contributed by atoms with Crippen LogP contribution >= 0.6 is 0 Å². The van der Waals surface area contributed by atoms with Gasteiger partial charge < -0.3 is 14.7 Å². The minimum atomic E-state index is -3.80. The average Bonchev–Trinajstić information content (AvgIpc) is 2.70. The van der Waals surface area contributed by atoms with Crippen molar-refractivity contribution >= 4 is 10.0 Å². The van der Waals surface area contributed by atoms with Gasteiger partial charge in [0.05, 0.1) is 6.61 Å². The van der Waals surface area contributed by atoms with Crippen molar-refractivity contribution in [2.75, 3.05) is 33.3 Å². The number of nitrogens with zero attached hydrogens (tertiary/aromatic N) is 2. The highest BCUT2D eigenvalue weighted by Crippen LogP contribution is 2.34. The van der Waals surface area contributed by atoms with E-state index >= 15 is 0 Å². The quantitative estimate of drug-likeness (QED) is 0.666. The van der Waals surface area contributed by atoms with Gasteiger partial charge in [-0.25, -0.2) is 8.42 Å². The van der Waals surface area contributed by atoms with E-state index in [1.807, 2.05) is 6.92 Å². The van der Waals surface area contributed by atoms with Gasteiger partial charge in [0.15, 0.2) is 0 Å². The van der Waals surface area contributed by atoms with Gasteiger partial charge in [-0.3, -0.25) is 0 Å². The number of likely N-dealkylation sites (N-methyl/N-ethyl adjacent to an activating group) is 1. The Labute approximate surface area is 182 Å². The third kappa shape index (κ3) is 5.98. The van der Waals surface area contributed by atoms with E-state index in [1.54, 1.807) is 25.1 Å². The molecule has 0 saturated carbocycles. The minimum absolute atomic E-state index is 0.0453. The molecule has 1 N–H and O–H groups in total. The van der Waals surface area contributed by atoms with Gasteiger partial charge in [0.1, 0.15) is 16.7 Å². The fourth-order valence-corrected chi connectivity index (χ4v) is 5.42. The minimum Gasteiger partial charge on any atom is -0.487 e. The van der Waals surface area contributed by atoms with Crippen molar-refractivity contribution < 1.29 is 18.3 Å². The highest BCUT2D eigenvalue weighted by molar-refractivity contribution is 7.89. The number of rotatable bonds is 7. The highest BCUT2D eigenvalue weighted by Gasteiger charge is 2.38. The van der Waals surface area contributed by atoms with Crippen LogP contribution < -0.4 is 4.74 Å². The molecule has 2 rings (SSSR count). The molecule has 1 aromatic rings. The average molecular weight is 437 g/mol. The van der Waals surface area contributed by atoms with E-state index in [0.717, 1.165) is 31.4 Å². The van der Waals surface area contributed by atoms with Gasteiger partial charge >= 0.3 is 0 Å². The zero-order valence-electron chi connectivity index (χ0n) is 18.9. The second-order valence-electron chi connectivity index (χ2n) is 8.22. The number of benzene rings is 1. The Balaban J connectivity index is 2.53. The van der Waals surface area contributed by atoms with Crippen LogP contribution in [-0.4, -0.2) is 68.2 Å². The molecule has 0 radical (unpaired) electrons. The lowest BCUT2D eigenvalue weighted by Crippen LogP contribution is -2.49. The number of fused-ring (bicyclic) bond motifs is 1.